The molecule has 2 aromatic carbocycles. The van der Waals surface area contributed by atoms with E-state index in [1.807, 2.05) is 0 Å². The van der Waals surface area contributed by atoms with E-state index in [2.05, 4.69) is 39.3 Å². The molecule has 8 nitrogen and oxygen atoms in total. The van der Waals surface area contributed by atoms with Gasteiger partial charge in [0.1, 0.15) is 11.6 Å². The quantitative estimate of drug-likeness (QED) is 0.469. The fourth-order valence-corrected chi connectivity index (χ4v) is 5.55. The van der Waals surface area contributed by atoms with Crippen molar-refractivity contribution in [3.63, 3.8) is 0 Å². The first-order valence-electron chi connectivity index (χ1n) is 11.7. The Morgan fingerprint density at radius 1 is 0.971 bits per heavy atom. The first-order chi connectivity index (χ1) is 16.7. The standard InChI is InChI=1S/C25H31FN6O2S/c1-18(2)32-16-13-22(14-17-32)31(3)35(33,34)23-10-8-21(9-11-23)29-25-27-15-12-24(30-25)28-20-6-4-19(26)5-7-20/h4-12,15,18,22H,13-14,16-17H2,1-3H3,(H2,27,28,29,30). The molecule has 35 heavy (non-hydrogen) atoms. The van der Waals surface area contributed by atoms with Crippen molar-refractivity contribution in [2.45, 2.75) is 43.7 Å². The van der Waals surface area contributed by atoms with Crippen molar-refractivity contribution in [2.75, 3.05) is 30.8 Å². The van der Waals surface area contributed by atoms with E-state index in [-0.39, 0.29) is 16.8 Å². The summed E-state index contributed by atoms with van der Waals surface area (Å²) in [5, 5.41) is 6.18. The zero-order chi connectivity index (χ0) is 25.0. The van der Waals surface area contributed by atoms with Gasteiger partial charge in [-0.3, -0.25) is 0 Å². The fraction of sp³-hybridized carbons (Fsp3) is 0.360. The molecule has 1 aliphatic rings. The van der Waals surface area contributed by atoms with Crippen LogP contribution in [0, 0.1) is 5.82 Å². The number of anilines is 4. The van der Waals surface area contributed by atoms with E-state index in [9.17, 15) is 12.8 Å². The van der Waals surface area contributed by atoms with Gasteiger partial charge in [-0.05, 0) is 94.4 Å². The number of piperidine rings is 1. The van der Waals surface area contributed by atoms with Crippen molar-refractivity contribution < 1.29 is 12.8 Å². The Balaban J connectivity index is 1.40. The highest BCUT2D eigenvalue weighted by Crippen LogP contribution is 2.25. The Bertz CT molecular complexity index is 1230. The van der Waals surface area contributed by atoms with E-state index >= 15 is 0 Å². The van der Waals surface area contributed by atoms with Crippen LogP contribution >= 0.6 is 0 Å². The molecule has 0 aliphatic carbocycles. The van der Waals surface area contributed by atoms with Crippen LogP contribution in [0.5, 0.6) is 0 Å². The van der Waals surface area contributed by atoms with Gasteiger partial charge in [0.2, 0.25) is 16.0 Å². The molecule has 0 amide bonds. The lowest BCUT2D eigenvalue weighted by Gasteiger charge is -2.37. The molecular weight excluding hydrogens is 467 g/mol. The maximum absolute atomic E-state index is 13.2. The van der Waals surface area contributed by atoms with Gasteiger partial charge in [-0.25, -0.2) is 17.8 Å². The maximum Gasteiger partial charge on any atom is 0.243 e. The average molecular weight is 499 g/mol. The van der Waals surface area contributed by atoms with E-state index in [0.29, 0.717) is 29.2 Å². The third-order valence-corrected chi connectivity index (χ3v) is 8.23. The van der Waals surface area contributed by atoms with Crippen LogP contribution in [0.15, 0.2) is 65.7 Å². The maximum atomic E-state index is 13.2. The second-order valence-electron chi connectivity index (χ2n) is 8.93. The number of halogens is 1. The van der Waals surface area contributed by atoms with Gasteiger partial charge >= 0.3 is 0 Å². The third kappa shape index (κ3) is 6.14. The number of aromatic nitrogens is 2. The summed E-state index contributed by atoms with van der Waals surface area (Å²) in [7, 11) is -1.92. The highest BCUT2D eigenvalue weighted by atomic mass is 32.2. The molecule has 2 heterocycles. The van der Waals surface area contributed by atoms with E-state index < -0.39 is 10.0 Å². The molecule has 1 fully saturated rings. The molecule has 186 valence electrons. The Labute approximate surface area is 206 Å². The number of likely N-dealkylation sites (tertiary alicyclic amines) is 1. The molecule has 0 atom stereocenters. The van der Waals surface area contributed by atoms with Crippen molar-refractivity contribution >= 4 is 33.2 Å². The SMILES string of the molecule is CC(C)N1CCC(N(C)S(=O)(=O)c2ccc(Nc3nccc(Nc4ccc(F)cc4)n3)cc2)CC1. The van der Waals surface area contributed by atoms with Gasteiger partial charge in [0.25, 0.3) is 0 Å². The zero-order valence-electron chi connectivity index (χ0n) is 20.1. The van der Waals surface area contributed by atoms with Gasteiger partial charge in [0.15, 0.2) is 0 Å². The molecule has 0 bridgehead atoms. The monoisotopic (exact) mass is 498 g/mol. The van der Waals surface area contributed by atoms with Crippen LogP contribution in [0.4, 0.5) is 27.5 Å². The van der Waals surface area contributed by atoms with Crippen LogP contribution in [-0.4, -0.2) is 59.8 Å². The van der Waals surface area contributed by atoms with Crippen molar-refractivity contribution in [1.82, 2.24) is 19.2 Å². The number of benzene rings is 2. The van der Waals surface area contributed by atoms with Crippen molar-refractivity contribution in [2.24, 2.45) is 0 Å². The summed E-state index contributed by atoms with van der Waals surface area (Å²) in [4.78, 5) is 11.3. The largest absolute Gasteiger partial charge is 0.340 e. The van der Waals surface area contributed by atoms with Crippen LogP contribution in [-0.2, 0) is 10.0 Å². The third-order valence-electron chi connectivity index (χ3n) is 6.30. The first-order valence-corrected chi connectivity index (χ1v) is 13.1. The molecule has 1 saturated heterocycles. The van der Waals surface area contributed by atoms with Gasteiger partial charge < -0.3 is 15.5 Å². The molecule has 2 N–H and O–H groups in total. The van der Waals surface area contributed by atoms with Crippen LogP contribution in [0.1, 0.15) is 26.7 Å². The van der Waals surface area contributed by atoms with E-state index in [4.69, 9.17) is 0 Å². The smallest absolute Gasteiger partial charge is 0.243 e. The Morgan fingerprint density at radius 3 is 2.20 bits per heavy atom. The number of sulfonamides is 1. The van der Waals surface area contributed by atoms with Crippen molar-refractivity contribution in [1.29, 1.82) is 0 Å². The molecule has 3 aromatic rings. The zero-order valence-corrected chi connectivity index (χ0v) is 21.0. The lowest BCUT2D eigenvalue weighted by Crippen LogP contribution is -2.47. The molecule has 0 saturated carbocycles. The highest BCUT2D eigenvalue weighted by Gasteiger charge is 2.31. The minimum Gasteiger partial charge on any atom is -0.340 e. The number of hydrogen-bond acceptors (Lipinski definition) is 7. The van der Waals surface area contributed by atoms with Gasteiger partial charge in [0, 0.05) is 36.7 Å². The molecule has 0 unspecified atom stereocenters. The van der Waals surface area contributed by atoms with Crippen LogP contribution in [0.2, 0.25) is 0 Å². The minimum absolute atomic E-state index is 0.00227. The van der Waals surface area contributed by atoms with Gasteiger partial charge in [-0.15, -0.1) is 0 Å². The normalized spacial score (nSPS) is 15.5. The number of hydrogen-bond donors (Lipinski definition) is 2. The predicted octanol–water partition coefficient (Wildman–Crippen LogP) is 4.60. The van der Waals surface area contributed by atoms with E-state index in [1.54, 1.807) is 55.7 Å². The second kappa shape index (κ2) is 10.7. The van der Waals surface area contributed by atoms with Crippen molar-refractivity contribution in [3.8, 4) is 0 Å². The molecule has 0 spiro atoms. The molecular formula is C25H31FN6O2S. The predicted molar refractivity (Wildman–Crippen MR) is 136 cm³/mol. The lowest BCUT2D eigenvalue weighted by molar-refractivity contribution is 0.140. The first kappa shape index (κ1) is 25.0. The second-order valence-corrected chi connectivity index (χ2v) is 10.9. The van der Waals surface area contributed by atoms with Gasteiger partial charge in [-0.1, -0.05) is 0 Å². The van der Waals surface area contributed by atoms with E-state index in [1.165, 1.54) is 16.4 Å². The van der Waals surface area contributed by atoms with Crippen molar-refractivity contribution in [3.05, 3.63) is 66.6 Å². The van der Waals surface area contributed by atoms with Crippen LogP contribution in [0.3, 0.4) is 0 Å². The molecule has 1 aromatic heterocycles. The Kier molecular flexibility index (Phi) is 7.63. The fourth-order valence-electron chi connectivity index (χ4n) is 4.14. The Hall–Kier alpha value is -3.08. The molecule has 10 heteroatoms. The summed E-state index contributed by atoms with van der Waals surface area (Å²) < 4.78 is 41.0. The minimum atomic E-state index is -3.59. The summed E-state index contributed by atoms with van der Waals surface area (Å²) >= 11 is 0. The number of nitrogens with zero attached hydrogens (tertiary/aromatic N) is 4. The molecule has 4 rings (SSSR count). The summed E-state index contributed by atoms with van der Waals surface area (Å²) in [5.74, 6) is 0.578. The number of nitrogens with one attached hydrogen (secondary N) is 2. The van der Waals surface area contributed by atoms with Crippen LogP contribution < -0.4 is 10.6 Å². The Morgan fingerprint density at radius 2 is 1.57 bits per heavy atom. The summed E-state index contributed by atoms with van der Waals surface area (Å²) in [6.45, 7) is 6.14. The number of rotatable bonds is 8. The van der Waals surface area contributed by atoms with Gasteiger partial charge in [0.05, 0.1) is 4.90 Å². The average Bonchev–Trinajstić information content (AvgIpc) is 2.85. The summed E-state index contributed by atoms with van der Waals surface area (Å²) in [5.41, 5.74) is 1.36. The molecule has 1 aliphatic heterocycles. The van der Waals surface area contributed by atoms with E-state index in [0.717, 1.165) is 25.9 Å². The molecule has 0 radical (unpaired) electrons. The summed E-state index contributed by atoms with van der Waals surface area (Å²) in [6, 6.07) is 14.7. The highest BCUT2D eigenvalue weighted by molar-refractivity contribution is 7.89. The topological polar surface area (TPSA) is 90.5 Å². The van der Waals surface area contributed by atoms with Gasteiger partial charge in [-0.2, -0.15) is 9.29 Å². The lowest BCUT2D eigenvalue weighted by atomic mass is 10.0. The van der Waals surface area contributed by atoms with Crippen LogP contribution in [0.25, 0.3) is 0 Å². The summed E-state index contributed by atoms with van der Waals surface area (Å²) in [6.07, 6.45) is 3.25.